The number of ketones is 1. The van der Waals surface area contributed by atoms with E-state index in [0.29, 0.717) is 37.7 Å². The molecule has 0 unspecified atom stereocenters. The summed E-state index contributed by atoms with van der Waals surface area (Å²) >= 11 is 0. The van der Waals surface area contributed by atoms with Crippen LogP contribution in [0, 0.1) is 5.92 Å². The zero-order valence-electron chi connectivity index (χ0n) is 18.0. The molecule has 0 amide bonds. The molecule has 7 nitrogen and oxygen atoms in total. The van der Waals surface area contributed by atoms with Gasteiger partial charge < -0.3 is 28.6 Å². The quantitative estimate of drug-likeness (QED) is 0.441. The minimum atomic E-state index is -0.331. The van der Waals surface area contributed by atoms with Crippen molar-refractivity contribution in [1.29, 1.82) is 0 Å². The first-order valence-electron chi connectivity index (χ1n) is 10.5. The van der Waals surface area contributed by atoms with Crippen LogP contribution in [-0.4, -0.2) is 50.8 Å². The Bertz CT molecular complexity index is 894. The van der Waals surface area contributed by atoms with Crippen LogP contribution >= 0.6 is 0 Å². The van der Waals surface area contributed by atoms with E-state index in [1.165, 1.54) is 0 Å². The van der Waals surface area contributed by atoms with Crippen LogP contribution in [-0.2, 0) is 19.0 Å². The second-order valence-electron chi connectivity index (χ2n) is 7.85. The van der Waals surface area contributed by atoms with Crippen LogP contribution in [0.15, 0.2) is 54.8 Å². The second-order valence-corrected chi connectivity index (χ2v) is 7.85. The van der Waals surface area contributed by atoms with Crippen molar-refractivity contribution >= 4 is 11.5 Å². The monoisotopic (exact) mass is 427 g/mol. The molecule has 7 heteroatoms. The molecule has 0 aliphatic carbocycles. The lowest BCUT2D eigenvalue weighted by Gasteiger charge is -2.50. The van der Waals surface area contributed by atoms with E-state index in [1.807, 2.05) is 25.1 Å². The van der Waals surface area contributed by atoms with Crippen LogP contribution in [0.25, 0.3) is 0 Å². The summed E-state index contributed by atoms with van der Waals surface area (Å²) in [6.07, 6.45) is 3.16. The molecule has 31 heavy (non-hydrogen) atoms. The van der Waals surface area contributed by atoms with Crippen molar-refractivity contribution in [2.24, 2.45) is 5.92 Å². The first-order valence-corrected chi connectivity index (χ1v) is 10.5. The van der Waals surface area contributed by atoms with Crippen LogP contribution in [0.4, 0.5) is 5.69 Å². The highest BCUT2D eigenvalue weighted by Gasteiger charge is 2.48. The molecular weight excluding hydrogens is 398 g/mol. The Morgan fingerprint density at radius 2 is 2.00 bits per heavy atom. The van der Waals surface area contributed by atoms with E-state index in [4.69, 9.17) is 23.7 Å². The van der Waals surface area contributed by atoms with Crippen LogP contribution < -0.4 is 14.4 Å². The fraction of sp³-hybridized carbons (Fsp3) is 0.458. The summed E-state index contributed by atoms with van der Waals surface area (Å²) in [5.74, 6) is 1.35. The number of carbonyl (C=O) groups is 1. The fourth-order valence-electron chi connectivity index (χ4n) is 4.72. The number of hydrogen-bond donors (Lipinski definition) is 0. The van der Waals surface area contributed by atoms with E-state index in [-0.39, 0.29) is 36.9 Å². The fourth-order valence-corrected chi connectivity index (χ4v) is 4.72. The number of benzene rings is 1. The van der Waals surface area contributed by atoms with Crippen molar-refractivity contribution < 1.29 is 28.5 Å². The number of hydrogen-bond acceptors (Lipinski definition) is 7. The van der Waals surface area contributed by atoms with E-state index in [9.17, 15) is 4.79 Å². The number of nitrogens with zero attached hydrogens (tertiary/aromatic N) is 1. The lowest BCUT2D eigenvalue weighted by atomic mass is 9.78. The number of carbonyl (C=O) groups excluding carboxylic acids is 1. The first-order chi connectivity index (χ1) is 15.0. The van der Waals surface area contributed by atoms with Gasteiger partial charge in [0.05, 0.1) is 25.9 Å². The summed E-state index contributed by atoms with van der Waals surface area (Å²) in [7, 11) is 0. The Hall–Kier alpha value is -2.61. The van der Waals surface area contributed by atoms with Crippen LogP contribution in [0.5, 0.6) is 11.5 Å². The van der Waals surface area contributed by atoms with Gasteiger partial charge >= 0.3 is 0 Å². The summed E-state index contributed by atoms with van der Waals surface area (Å²) < 4.78 is 29.3. The lowest BCUT2D eigenvalue weighted by molar-refractivity contribution is -0.176. The predicted molar refractivity (Wildman–Crippen MR) is 116 cm³/mol. The molecule has 2 bridgehead atoms. The zero-order chi connectivity index (χ0) is 22.0. The zero-order valence-corrected chi connectivity index (χ0v) is 18.0. The molecule has 0 radical (unpaired) electrons. The second kappa shape index (κ2) is 9.26. The Morgan fingerprint density at radius 1 is 1.23 bits per heavy atom. The van der Waals surface area contributed by atoms with Gasteiger partial charge in [-0.1, -0.05) is 12.2 Å². The van der Waals surface area contributed by atoms with Gasteiger partial charge in [-0.05, 0) is 26.0 Å². The molecule has 0 spiro atoms. The van der Waals surface area contributed by atoms with Crippen molar-refractivity contribution in [3.8, 4) is 11.5 Å². The molecule has 0 saturated carbocycles. The van der Waals surface area contributed by atoms with Crippen LogP contribution in [0.2, 0.25) is 0 Å². The third-order valence-corrected chi connectivity index (χ3v) is 5.90. The summed E-state index contributed by atoms with van der Waals surface area (Å²) in [6.45, 7) is 12.4. The molecule has 166 valence electrons. The van der Waals surface area contributed by atoms with Crippen molar-refractivity contribution in [1.82, 2.24) is 0 Å². The molecule has 1 aromatic rings. The summed E-state index contributed by atoms with van der Waals surface area (Å²) in [6, 6.07) is 5.77. The van der Waals surface area contributed by atoms with E-state index < -0.39 is 0 Å². The molecule has 3 aliphatic heterocycles. The normalized spacial score (nSPS) is 26.7. The Balaban J connectivity index is 1.72. The minimum Gasteiger partial charge on any atom is -0.454 e. The van der Waals surface area contributed by atoms with Gasteiger partial charge in [-0.2, -0.15) is 0 Å². The molecule has 3 aliphatic rings. The van der Waals surface area contributed by atoms with Gasteiger partial charge in [0.1, 0.15) is 12.3 Å². The number of fused-ring (bicyclic) bond motifs is 3. The van der Waals surface area contributed by atoms with Gasteiger partial charge in [-0.15, -0.1) is 13.2 Å². The van der Waals surface area contributed by atoms with Gasteiger partial charge in [0.25, 0.3) is 0 Å². The largest absolute Gasteiger partial charge is 0.454 e. The van der Waals surface area contributed by atoms with Gasteiger partial charge in [0, 0.05) is 35.4 Å². The summed E-state index contributed by atoms with van der Waals surface area (Å²) in [5.41, 5.74) is 2.52. The van der Waals surface area contributed by atoms with E-state index in [1.54, 1.807) is 19.1 Å². The highest BCUT2D eigenvalue weighted by atomic mass is 16.7. The average molecular weight is 427 g/mol. The highest BCUT2D eigenvalue weighted by Crippen LogP contribution is 2.45. The van der Waals surface area contributed by atoms with Crippen molar-refractivity contribution in [2.45, 2.75) is 38.7 Å². The van der Waals surface area contributed by atoms with Crippen molar-refractivity contribution in [3.63, 3.8) is 0 Å². The van der Waals surface area contributed by atoms with E-state index in [0.717, 1.165) is 17.0 Å². The molecule has 1 fully saturated rings. The van der Waals surface area contributed by atoms with Gasteiger partial charge in [0.2, 0.25) is 6.79 Å². The van der Waals surface area contributed by atoms with Gasteiger partial charge in [-0.25, -0.2) is 0 Å². The Labute approximate surface area is 182 Å². The predicted octanol–water partition coefficient (Wildman–Crippen LogP) is 3.60. The summed E-state index contributed by atoms with van der Waals surface area (Å²) in [5, 5.41) is 0. The SMILES string of the molecule is C=CCOC[C@H]1O[C@H]2C[C@H](C(C(C)=O)=C(C)N2c2ccc3c(c2)OCO3)[C@@H]1OCC=C. The number of ether oxygens (including phenoxy) is 5. The molecule has 4 atom stereocenters. The van der Waals surface area contributed by atoms with Gasteiger partial charge in [0.15, 0.2) is 17.3 Å². The van der Waals surface area contributed by atoms with Gasteiger partial charge in [-0.3, -0.25) is 4.79 Å². The Kier molecular flexibility index (Phi) is 6.46. The summed E-state index contributed by atoms with van der Waals surface area (Å²) in [4.78, 5) is 14.8. The molecule has 0 aromatic heterocycles. The maximum atomic E-state index is 12.8. The average Bonchev–Trinajstić information content (AvgIpc) is 3.21. The maximum absolute atomic E-state index is 12.8. The lowest BCUT2D eigenvalue weighted by Crippen LogP contribution is -2.58. The third kappa shape index (κ3) is 4.13. The number of Topliss-reactive ketones (excluding diaryl/α,β-unsaturated/α-hetero) is 1. The Morgan fingerprint density at radius 3 is 2.74 bits per heavy atom. The molecule has 4 rings (SSSR count). The third-order valence-electron chi connectivity index (χ3n) is 5.90. The minimum absolute atomic E-state index is 0.0338. The van der Waals surface area contributed by atoms with E-state index >= 15 is 0 Å². The first kappa shape index (κ1) is 21.6. The molecule has 3 heterocycles. The molecule has 1 saturated heterocycles. The van der Waals surface area contributed by atoms with E-state index in [2.05, 4.69) is 18.1 Å². The highest BCUT2D eigenvalue weighted by molar-refractivity contribution is 5.95. The number of anilines is 1. The molecule has 0 N–H and O–H groups in total. The van der Waals surface area contributed by atoms with Crippen molar-refractivity contribution in [3.05, 3.63) is 54.8 Å². The van der Waals surface area contributed by atoms with Crippen LogP contribution in [0.3, 0.4) is 0 Å². The molecular formula is C24H29NO6. The number of rotatable bonds is 9. The molecule has 1 aromatic carbocycles. The standard InChI is InChI=1S/C24H29NO6/c1-5-9-27-13-21-24(28-10-6-2)18-12-22(31-21)25(15(3)23(18)16(4)26)17-7-8-19-20(11-17)30-14-29-19/h5-8,11,18,21-22,24H,1-2,9-10,12-14H2,3-4H3/t18-,21-,22+,24+/m1/s1. The topological polar surface area (TPSA) is 66.5 Å². The van der Waals surface area contributed by atoms with Crippen molar-refractivity contribution in [2.75, 3.05) is 31.5 Å². The maximum Gasteiger partial charge on any atom is 0.231 e. The smallest absolute Gasteiger partial charge is 0.231 e. The number of allylic oxidation sites excluding steroid dienone is 1. The van der Waals surface area contributed by atoms with Crippen LogP contribution in [0.1, 0.15) is 20.3 Å².